The number of terminal acetylenes is 1. The fourth-order valence-electron chi connectivity index (χ4n) is 4.11. The van der Waals surface area contributed by atoms with Gasteiger partial charge in [-0.25, -0.2) is 4.79 Å². The van der Waals surface area contributed by atoms with Gasteiger partial charge in [0.15, 0.2) is 0 Å². The summed E-state index contributed by atoms with van der Waals surface area (Å²) >= 11 is 0. The maximum absolute atomic E-state index is 12.2. The highest BCUT2D eigenvalue weighted by molar-refractivity contribution is 5.79. The van der Waals surface area contributed by atoms with Gasteiger partial charge in [0.2, 0.25) is 0 Å². The van der Waals surface area contributed by atoms with E-state index in [1.165, 1.54) is 22.3 Å². The monoisotopic (exact) mass is 541 g/mol. The van der Waals surface area contributed by atoms with Gasteiger partial charge in [0, 0.05) is 12.5 Å². The van der Waals surface area contributed by atoms with E-state index < -0.39 is 6.09 Å². The summed E-state index contributed by atoms with van der Waals surface area (Å²) in [6.07, 6.45) is 4.63. The number of rotatable bonds is 21. The molecule has 0 radical (unpaired) electrons. The van der Waals surface area contributed by atoms with Crippen molar-refractivity contribution in [1.29, 1.82) is 0 Å². The first-order valence-corrected chi connectivity index (χ1v) is 13.3. The lowest BCUT2D eigenvalue weighted by Gasteiger charge is -2.14. The minimum Gasteiger partial charge on any atom is -0.449 e. The Morgan fingerprint density at radius 1 is 0.667 bits per heavy atom. The number of nitrogens with one attached hydrogen (secondary N) is 1. The topological polar surface area (TPSA) is 93.7 Å². The molecule has 0 saturated heterocycles. The number of fused-ring (bicyclic) bond motifs is 3. The molecule has 0 aliphatic heterocycles. The molecule has 0 heterocycles. The van der Waals surface area contributed by atoms with Gasteiger partial charge < -0.3 is 38.5 Å². The second kappa shape index (κ2) is 19.1. The molecule has 1 aliphatic carbocycles. The van der Waals surface area contributed by atoms with Crippen molar-refractivity contribution in [3.63, 3.8) is 0 Å². The van der Waals surface area contributed by atoms with E-state index in [0.29, 0.717) is 92.4 Å². The Morgan fingerprint density at radius 3 is 1.59 bits per heavy atom. The Balaban J connectivity index is 1.09. The molecule has 0 bridgehead atoms. The molecule has 1 N–H and O–H groups in total. The Morgan fingerprint density at radius 2 is 1.10 bits per heavy atom. The van der Waals surface area contributed by atoms with E-state index in [0.717, 1.165) is 0 Å². The van der Waals surface area contributed by atoms with Crippen molar-refractivity contribution in [1.82, 2.24) is 5.32 Å². The predicted octanol–water partition coefficient (Wildman–Crippen LogP) is 3.26. The van der Waals surface area contributed by atoms with Gasteiger partial charge in [-0.05, 0) is 22.3 Å². The Kier molecular flexibility index (Phi) is 15.0. The normalized spacial score (nSPS) is 12.1. The standard InChI is InChI=1S/C30H39NO8/c1-2-12-33-14-16-35-18-20-37-22-23-38-21-19-36-17-15-34-13-11-31-30(32)39-24-29-27-9-5-3-7-25(27)26-8-4-6-10-28(26)29/h1,3-10,29H,11-24H2,(H,31,32). The fraction of sp³-hybridized carbons (Fsp3) is 0.500. The van der Waals surface area contributed by atoms with E-state index in [-0.39, 0.29) is 5.92 Å². The van der Waals surface area contributed by atoms with Crippen molar-refractivity contribution in [2.75, 3.05) is 92.4 Å². The Labute approximate surface area is 231 Å². The van der Waals surface area contributed by atoms with Gasteiger partial charge in [-0.3, -0.25) is 0 Å². The first-order chi connectivity index (χ1) is 19.3. The van der Waals surface area contributed by atoms with Crippen LogP contribution in [0.15, 0.2) is 48.5 Å². The third-order valence-corrected chi connectivity index (χ3v) is 5.90. The first kappa shape index (κ1) is 30.6. The first-order valence-electron chi connectivity index (χ1n) is 13.3. The number of amides is 1. The van der Waals surface area contributed by atoms with Crippen molar-refractivity contribution in [2.24, 2.45) is 0 Å². The average Bonchev–Trinajstić information content (AvgIpc) is 3.28. The van der Waals surface area contributed by atoms with Gasteiger partial charge >= 0.3 is 6.09 Å². The number of hydrogen-bond donors (Lipinski definition) is 1. The van der Waals surface area contributed by atoms with Gasteiger partial charge in [-0.15, -0.1) is 6.42 Å². The molecule has 0 spiro atoms. The summed E-state index contributed by atoms with van der Waals surface area (Å²) in [7, 11) is 0. The molecule has 2 aromatic rings. The van der Waals surface area contributed by atoms with E-state index >= 15 is 0 Å². The summed E-state index contributed by atoms with van der Waals surface area (Å²) in [5.74, 6) is 2.44. The van der Waals surface area contributed by atoms with Crippen LogP contribution in [0.25, 0.3) is 11.1 Å². The van der Waals surface area contributed by atoms with E-state index in [1.54, 1.807) is 0 Å². The highest BCUT2D eigenvalue weighted by Gasteiger charge is 2.28. The largest absolute Gasteiger partial charge is 0.449 e. The number of ether oxygens (including phenoxy) is 7. The molecule has 0 fully saturated rings. The number of benzene rings is 2. The molecular formula is C30H39NO8. The van der Waals surface area contributed by atoms with E-state index in [2.05, 4.69) is 35.5 Å². The molecule has 2 aromatic carbocycles. The number of carbonyl (C=O) groups is 1. The summed E-state index contributed by atoms with van der Waals surface area (Å²) in [6, 6.07) is 16.5. The molecule has 1 amide bonds. The van der Waals surface area contributed by atoms with Crippen LogP contribution in [-0.2, 0) is 33.2 Å². The van der Waals surface area contributed by atoms with Gasteiger partial charge in [0.1, 0.15) is 13.2 Å². The lowest BCUT2D eigenvalue weighted by Crippen LogP contribution is -2.29. The molecule has 39 heavy (non-hydrogen) atoms. The van der Waals surface area contributed by atoms with Crippen LogP contribution in [0.2, 0.25) is 0 Å². The second-order valence-corrected chi connectivity index (χ2v) is 8.57. The van der Waals surface area contributed by atoms with E-state index in [4.69, 9.17) is 39.6 Å². The summed E-state index contributed by atoms with van der Waals surface area (Å²) in [5, 5.41) is 2.73. The van der Waals surface area contributed by atoms with Crippen molar-refractivity contribution in [2.45, 2.75) is 5.92 Å². The lowest BCUT2D eigenvalue weighted by atomic mass is 9.98. The summed E-state index contributed by atoms with van der Waals surface area (Å²) in [5.41, 5.74) is 4.79. The summed E-state index contributed by atoms with van der Waals surface area (Å²) in [6.45, 7) is 6.16. The summed E-state index contributed by atoms with van der Waals surface area (Å²) in [4.78, 5) is 12.2. The van der Waals surface area contributed by atoms with Crippen molar-refractivity contribution >= 4 is 6.09 Å². The van der Waals surface area contributed by atoms with Gasteiger partial charge in [-0.2, -0.15) is 0 Å². The molecule has 0 atom stereocenters. The van der Waals surface area contributed by atoms with Gasteiger partial charge in [0.05, 0.1) is 72.7 Å². The maximum atomic E-state index is 12.2. The molecular weight excluding hydrogens is 502 g/mol. The Bertz CT molecular complexity index is 963. The van der Waals surface area contributed by atoms with Gasteiger partial charge in [-0.1, -0.05) is 54.5 Å². The molecule has 0 unspecified atom stereocenters. The fourth-order valence-corrected chi connectivity index (χ4v) is 4.11. The number of hydrogen-bond acceptors (Lipinski definition) is 8. The van der Waals surface area contributed by atoms with Crippen LogP contribution in [0.4, 0.5) is 4.79 Å². The zero-order chi connectivity index (χ0) is 27.4. The van der Waals surface area contributed by atoms with Crippen LogP contribution in [0, 0.1) is 12.3 Å². The lowest BCUT2D eigenvalue weighted by molar-refractivity contribution is -0.0153. The molecule has 9 heteroatoms. The maximum Gasteiger partial charge on any atom is 0.407 e. The zero-order valence-corrected chi connectivity index (χ0v) is 22.4. The molecule has 212 valence electrons. The van der Waals surface area contributed by atoms with Crippen LogP contribution < -0.4 is 5.32 Å². The average molecular weight is 542 g/mol. The molecule has 9 nitrogen and oxygen atoms in total. The van der Waals surface area contributed by atoms with Gasteiger partial charge in [0.25, 0.3) is 0 Å². The smallest absolute Gasteiger partial charge is 0.407 e. The minimum absolute atomic E-state index is 0.0450. The zero-order valence-electron chi connectivity index (χ0n) is 22.4. The highest BCUT2D eigenvalue weighted by Crippen LogP contribution is 2.44. The number of carbonyl (C=O) groups excluding carboxylic acids is 1. The van der Waals surface area contributed by atoms with Crippen molar-refractivity contribution in [3.05, 3.63) is 59.7 Å². The molecule has 3 rings (SSSR count). The minimum atomic E-state index is -0.448. The Hall–Kier alpha value is -2.97. The van der Waals surface area contributed by atoms with Crippen LogP contribution in [0.1, 0.15) is 17.0 Å². The van der Waals surface area contributed by atoms with Crippen LogP contribution in [0.3, 0.4) is 0 Å². The highest BCUT2D eigenvalue weighted by atomic mass is 16.6. The van der Waals surface area contributed by atoms with Crippen LogP contribution in [-0.4, -0.2) is 98.5 Å². The quantitative estimate of drug-likeness (QED) is 0.190. The van der Waals surface area contributed by atoms with E-state index in [1.807, 2.05) is 24.3 Å². The third-order valence-electron chi connectivity index (χ3n) is 5.90. The van der Waals surface area contributed by atoms with Crippen molar-refractivity contribution < 1.29 is 38.0 Å². The van der Waals surface area contributed by atoms with Crippen molar-refractivity contribution in [3.8, 4) is 23.5 Å². The third kappa shape index (κ3) is 11.3. The second-order valence-electron chi connectivity index (χ2n) is 8.57. The summed E-state index contributed by atoms with van der Waals surface area (Å²) < 4.78 is 37.7. The molecule has 0 aromatic heterocycles. The number of alkyl carbamates (subject to hydrolysis) is 1. The molecule has 0 saturated carbocycles. The predicted molar refractivity (Wildman–Crippen MR) is 147 cm³/mol. The molecule has 1 aliphatic rings. The van der Waals surface area contributed by atoms with Crippen LogP contribution in [0.5, 0.6) is 0 Å². The SMILES string of the molecule is C#CCOCCOCCOCCOCCOCCOCCNC(=O)OCC1c2ccccc2-c2ccccc21. The van der Waals surface area contributed by atoms with E-state index in [9.17, 15) is 4.79 Å². The van der Waals surface area contributed by atoms with Crippen LogP contribution >= 0.6 is 0 Å².